The van der Waals surface area contributed by atoms with Crippen molar-refractivity contribution in [3.05, 3.63) is 52.1 Å². The maximum atomic E-state index is 8.92. The van der Waals surface area contributed by atoms with Crippen LogP contribution >= 0.6 is 11.6 Å². The van der Waals surface area contributed by atoms with Crippen molar-refractivity contribution in [1.29, 1.82) is 10.5 Å². The molecule has 0 N–H and O–H groups in total. The molecule has 0 spiro atoms. The molecule has 88 valence electrons. The van der Waals surface area contributed by atoms with Gasteiger partial charge in [-0.15, -0.1) is 0 Å². The number of nitrogens with zero attached hydrogens (tertiary/aromatic N) is 2. The van der Waals surface area contributed by atoms with Gasteiger partial charge in [-0.3, -0.25) is 0 Å². The molecule has 0 radical (unpaired) electrons. The van der Waals surface area contributed by atoms with E-state index in [0.717, 1.165) is 24.0 Å². The average molecular weight is 255 g/mol. The minimum absolute atomic E-state index is 0.225. The minimum atomic E-state index is 0.225. The molecule has 0 aliphatic heterocycles. The van der Waals surface area contributed by atoms with Crippen molar-refractivity contribution in [3.8, 4) is 12.1 Å². The zero-order valence-corrected chi connectivity index (χ0v) is 10.5. The van der Waals surface area contributed by atoms with Gasteiger partial charge in [-0.2, -0.15) is 10.5 Å². The van der Waals surface area contributed by atoms with Crippen LogP contribution in [0.3, 0.4) is 0 Å². The summed E-state index contributed by atoms with van der Waals surface area (Å²) in [6.07, 6.45) is 5.92. The van der Waals surface area contributed by atoms with E-state index in [4.69, 9.17) is 22.1 Å². The molecule has 0 amide bonds. The van der Waals surface area contributed by atoms with E-state index in [1.807, 2.05) is 48.6 Å². The van der Waals surface area contributed by atoms with Gasteiger partial charge < -0.3 is 0 Å². The summed E-state index contributed by atoms with van der Waals surface area (Å²) in [7, 11) is 0. The molecule has 0 bridgehead atoms. The molecule has 1 aliphatic carbocycles. The Bertz CT molecular complexity index is 562. The highest BCUT2D eigenvalue weighted by Crippen LogP contribution is 2.38. The molecule has 0 unspecified atom stereocenters. The van der Waals surface area contributed by atoms with Gasteiger partial charge in [0.25, 0.3) is 0 Å². The van der Waals surface area contributed by atoms with Gasteiger partial charge in [0.05, 0.1) is 0 Å². The normalized spacial score (nSPS) is 13.9. The second-order valence-electron chi connectivity index (χ2n) is 4.21. The SMILES string of the molecule is N#CC(C#N)=C(C=Cc1ccc(Cl)cc1)C1CC1. The van der Waals surface area contributed by atoms with Gasteiger partial charge in [0.15, 0.2) is 0 Å². The van der Waals surface area contributed by atoms with Crippen molar-refractivity contribution in [1.82, 2.24) is 0 Å². The standard InChI is InChI=1S/C15H11ClN2/c16-14-6-1-11(2-7-14)3-8-15(12-4-5-12)13(9-17)10-18/h1-3,6-8,12H,4-5H2. The largest absolute Gasteiger partial charge is 0.192 e. The van der Waals surface area contributed by atoms with E-state index in [-0.39, 0.29) is 5.57 Å². The van der Waals surface area contributed by atoms with E-state index in [0.29, 0.717) is 10.9 Å². The fourth-order valence-corrected chi connectivity index (χ4v) is 1.86. The first-order valence-electron chi connectivity index (χ1n) is 5.72. The maximum absolute atomic E-state index is 8.92. The second kappa shape index (κ2) is 5.54. The summed E-state index contributed by atoms with van der Waals surface area (Å²) in [5, 5.41) is 18.5. The third-order valence-electron chi connectivity index (χ3n) is 2.85. The Morgan fingerprint density at radius 1 is 1.17 bits per heavy atom. The van der Waals surface area contributed by atoms with Crippen LogP contribution < -0.4 is 0 Å². The molecule has 3 heteroatoms. The third kappa shape index (κ3) is 3.00. The van der Waals surface area contributed by atoms with Crippen LogP contribution in [0.15, 0.2) is 41.5 Å². The molecule has 2 rings (SSSR count). The van der Waals surface area contributed by atoms with Crippen LogP contribution in [0, 0.1) is 28.6 Å². The number of halogens is 1. The van der Waals surface area contributed by atoms with E-state index in [9.17, 15) is 0 Å². The Balaban J connectivity index is 2.26. The predicted octanol–water partition coefficient (Wildman–Crippen LogP) is 4.11. The van der Waals surface area contributed by atoms with Crippen LogP contribution in [0.4, 0.5) is 0 Å². The lowest BCUT2D eigenvalue weighted by Gasteiger charge is -1.99. The quantitative estimate of drug-likeness (QED) is 0.602. The molecular weight excluding hydrogens is 244 g/mol. The van der Waals surface area contributed by atoms with E-state index in [1.54, 1.807) is 0 Å². The molecule has 0 saturated heterocycles. The topological polar surface area (TPSA) is 47.6 Å². The Morgan fingerprint density at radius 2 is 1.78 bits per heavy atom. The summed E-state index contributed by atoms with van der Waals surface area (Å²) >= 11 is 5.81. The van der Waals surface area contributed by atoms with Gasteiger partial charge in [-0.05, 0) is 42.0 Å². The van der Waals surface area contributed by atoms with Crippen molar-refractivity contribution in [2.45, 2.75) is 12.8 Å². The smallest absolute Gasteiger partial charge is 0.133 e. The van der Waals surface area contributed by atoms with Gasteiger partial charge in [0, 0.05) is 5.02 Å². The molecule has 2 nitrogen and oxygen atoms in total. The molecule has 1 aromatic rings. The van der Waals surface area contributed by atoms with Crippen molar-refractivity contribution in [2.24, 2.45) is 5.92 Å². The lowest BCUT2D eigenvalue weighted by Crippen LogP contribution is -1.87. The average Bonchev–Trinajstić information content (AvgIpc) is 3.21. The molecular formula is C15H11ClN2. The Kier molecular flexibility index (Phi) is 3.82. The van der Waals surface area contributed by atoms with Gasteiger partial charge in [-0.25, -0.2) is 0 Å². The van der Waals surface area contributed by atoms with E-state index >= 15 is 0 Å². The van der Waals surface area contributed by atoms with Crippen molar-refractivity contribution in [3.63, 3.8) is 0 Å². The lowest BCUT2D eigenvalue weighted by atomic mass is 10.0. The number of rotatable bonds is 3. The van der Waals surface area contributed by atoms with Gasteiger partial charge in [0.1, 0.15) is 17.7 Å². The summed E-state index contributed by atoms with van der Waals surface area (Å²) < 4.78 is 0. The maximum Gasteiger partial charge on any atom is 0.133 e. The molecule has 0 aromatic heterocycles. The fourth-order valence-electron chi connectivity index (χ4n) is 1.73. The molecule has 1 fully saturated rings. The van der Waals surface area contributed by atoms with Crippen LogP contribution in [-0.4, -0.2) is 0 Å². The van der Waals surface area contributed by atoms with E-state index in [1.165, 1.54) is 0 Å². The van der Waals surface area contributed by atoms with Gasteiger partial charge >= 0.3 is 0 Å². The first-order chi connectivity index (χ1) is 8.74. The Labute approximate surface area is 111 Å². The van der Waals surface area contributed by atoms with Crippen molar-refractivity contribution in [2.75, 3.05) is 0 Å². The highest BCUT2D eigenvalue weighted by atomic mass is 35.5. The zero-order valence-electron chi connectivity index (χ0n) is 9.73. The highest BCUT2D eigenvalue weighted by molar-refractivity contribution is 6.30. The second-order valence-corrected chi connectivity index (χ2v) is 4.65. The lowest BCUT2D eigenvalue weighted by molar-refractivity contribution is 1.04. The summed E-state index contributed by atoms with van der Waals surface area (Å²) in [6, 6.07) is 11.4. The fraction of sp³-hybridized carbons (Fsp3) is 0.200. The Morgan fingerprint density at radius 3 is 2.28 bits per heavy atom. The van der Waals surface area contributed by atoms with Crippen LogP contribution in [0.5, 0.6) is 0 Å². The molecule has 1 aliphatic rings. The molecule has 0 heterocycles. The summed E-state index contributed by atoms with van der Waals surface area (Å²) in [5.74, 6) is 0.378. The minimum Gasteiger partial charge on any atom is -0.192 e. The summed E-state index contributed by atoms with van der Waals surface area (Å²) in [4.78, 5) is 0. The zero-order chi connectivity index (χ0) is 13.0. The third-order valence-corrected chi connectivity index (χ3v) is 3.11. The van der Waals surface area contributed by atoms with E-state index < -0.39 is 0 Å². The first-order valence-corrected chi connectivity index (χ1v) is 6.10. The molecule has 1 saturated carbocycles. The summed E-state index contributed by atoms with van der Waals surface area (Å²) in [6.45, 7) is 0. The number of hydrogen-bond donors (Lipinski definition) is 0. The van der Waals surface area contributed by atoms with Gasteiger partial charge in [0.2, 0.25) is 0 Å². The molecule has 18 heavy (non-hydrogen) atoms. The van der Waals surface area contributed by atoms with Crippen LogP contribution in [0.25, 0.3) is 6.08 Å². The first kappa shape index (κ1) is 12.4. The van der Waals surface area contributed by atoms with Crippen molar-refractivity contribution < 1.29 is 0 Å². The molecule has 0 atom stereocenters. The van der Waals surface area contributed by atoms with Crippen LogP contribution in [-0.2, 0) is 0 Å². The van der Waals surface area contributed by atoms with Gasteiger partial charge in [-0.1, -0.05) is 35.9 Å². The number of hydrogen-bond acceptors (Lipinski definition) is 2. The van der Waals surface area contributed by atoms with Crippen LogP contribution in [0.1, 0.15) is 18.4 Å². The highest BCUT2D eigenvalue weighted by Gasteiger charge is 2.27. The van der Waals surface area contributed by atoms with Crippen LogP contribution in [0.2, 0.25) is 5.02 Å². The summed E-state index contributed by atoms with van der Waals surface area (Å²) in [5.41, 5.74) is 2.09. The predicted molar refractivity (Wildman–Crippen MR) is 71.5 cm³/mol. The number of nitriles is 2. The van der Waals surface area contributed by atoms with E-state index in [2.05, 4.69) is 0 Å². The number of benzene rings is 1. The number of allylic oxidation sites excluding steroid dienone is 3. The monoisotopic (exact) mass is 254 g/mol. The Hall–Kier alpha value is -2.03. The molecule has 1 aromatic carbocycles. The van der Waals surface area contributed by atoms with Crippen molar-refractivity contribution >= 4 is 17.7 Å².